The number of likely N-dealkylation sites (N-methyl/N-ethyl adjacent to an activating group) is 1. The Labute approximate surface area is 261 Å². The number of hydrogen-bond donors (Lipinski definition) is 4. The normalized spacial score (nSPS) is 15.5. The fourth-order valence-corrected chi connectivity index (χ4v) is 6.28. The lowest BCUT2D eigenvalue weighted by Crippen LogP contribution is -2.55. The highest BCUT2D eigenvalue weighted by Gasteiger charge is 2.34. The van der Waals surface area contributed by atoms with E-state index in [-0.39, 0.29) is 30.6 Å². The molecule has 8 nitrogen and oxygen atoms in total. The van der Waals surface area contributed by atoms with Crippen molar-refractivity contribution in [1.82, 2.24) is 16.0 Å². The number of benzene rings is 3. The Morgan fingerprint density at radius 3 is 2.02 bits per heavy atom. The number of nitrogens with one attached hydrogen (secondary N) is 3. The van der Waals surface area contributed by atoms with E-state index in [1.165, 1.54) is 7.05 Å². The van der Waals surface area contributed by atoms with E-state index in [9.17, 15) is 19.2 Å². The largest absolute Gasteiger partial charge is 0.366 e. The summed E-state index contributed by atoms with van der Waals surface area (Å²) in [4.78, 5) is 52.4. The van der Waals surface area contributed by atoms with E-state index in [2.05, 4.69) is 31.9 Å². The zero-order valence-corrected chi connectivity index (χ0v) is 25.9. The van der Waals surface area contributed by atoms with Gasteiger partial charge in [-0.3, -0.25) is 19.2 Å². The quantitative estimate of drug-likeness (QED) is 0.232. The Bertz CT molecular complexity index is 1410. The number of nitrogens with two attached hydrogens (primary N) is 1. The minimum atomic E-state index is -0.962. The van der Waals surface area contributed by atoms with Gasteiger partial charge in [0.25, 0.3) is 0 Å². The van der Waals surface area contributed by atoms with Crippen LogP contribution in [0.4, 0.5) is 0 Å². The molecule has 1 saturated carbocycles. The molecule has 0 bridgehead atoms. The number of primary amides is 1. The predicted octanol–water partition coefficient (Wildman–Crippen LogP) is 4.41. The summed E-state index contributed by atoms with van der Waals surface area (Å²) in [6.07, 6.45) is 5.63. The van der Waals surface area contributed by atoms with Crippen LogP contribution in [0.3, 0.4) is 0 Å². The van der Waals surface area contributed by atoms with Crippen molar-refractivity contribution in [2.45, 2.75) is 62.9 Å². The van der Waals surface area contributed by atoms with Gasteiger partial charge >= 0.3 is 0 Å². The van der Waals surface area contributed by atoms with E-state index < -0.39 is 29.8 Å². The molecule has 4 rings (SSSR count). The van der Waals surface area contributed by atoms with Crippen molar-refractivity contribution in [2.75, 3.05) is 7.05 Å². The van der Waals surface area contributed by atoms with Gasteiger partial charge in [0.1, 0.15) is 12.1 Å². The summed E-state index contributed by atoms with van der Waals surface area (Å²) >= 11 is 3.46. The molecule has 3 aromatic rings. The van der Waals surface area contributed by atoms with Crippen LogP contribution in [0.1, 0.15) is 65.1 Å². The van der Waals surface area contributed by atoms with Crippen LogP contribution in [0.25, 0.3) is 0 Å². The second-order valence-electron chi connectivity index (χ2n) is 11.1. The van der Waals surface area contributed by atoms with Crippen LogP contribution >= 0.6 is 15.9 Å². The molecule has 0 spiro atoms. The maximum Gasteiger partial charge on any atom is 0.248 e. The summed E-state index contributed by atoms with van der Waals surface area (Å²) in [5, 5.41) is 8.58. The molecule has 0 unspecified atom stereocenters. The van der Waals surface area contributed by atoms with Crippen LogP contribution in [-0.4, -0.2) is 42.8 Å². The van der Waals surface area contributed by atoms with Gasteiger partial charge in [0.15, 0.2) is 0 Å². The van der Waals surface area contributed by atoms with Crippen molar-refractivity contribution in [3.05, 3.63) is 106 Å². The molecule has 1 aliphatic carbocycles. The minimum absolute atomic E-state index is 0.167. The van der Waals surface area contributed by atoms with Gasteiger partial charge in [-0.25, -0.2) is 0 Å². The van der Waals surface area contributed by atoms with Gasteiger partial charge in [0.2, 0.25) is 23.6 Å². The van der Waals surface area contributed by atoms with E-state index in [1.54, 1.807) is 24.3 Å². The van der Waals surface area contributed by atoms with Gasteiger partial charge in [-0.15, -0.1) is 0 Å². The van der Waals surface area contributed by atoms with Gasteiger partial charge in [-0.05, 0) is 59.7 Å². The molecular weight excluding hydrogens is 608 g/mol. The van der Waals surface area contributed by atoms with Gasteiger partial charge in [-0.2, -0.15) is 0 Å². The molecule has 0 aromatic heterocycles. The SMILES string of the molecule is CNC(=O)[C@H](Cc1cccc(Br)c1)NC(=O)[C@H](Cc1ccc(C(N)=O)cc1)NC(=O)[C@@H](c1ccccc1)C1CCCCC1. The third kappa shape index (κ3) is 9.00. The Kier molecular flexibility index (Phi) is 11.5. The van der Waals surface area contributed by atoms with Crippen molar-refractivity contribution in [3.63, 3.8) is 0 Å². The van der Waals surface area contributed by atoms with E-state index in [1.807, 2.05) is 54.6 Å². The standard InChI is InChI=1S/C34H39BrN4O4/c1-37-32(41)28(21-23-9-8-14-27(35)19-23)38-33(42)29(20-22-15-17-26(18-16-22)31(36)40)39-34(43)30(24-10-4-2-5-11-24)25-12-6-3-7-13-25/h2,4-5,8-11,14-19,25,28-30H,3,6-7,12-13,20-21H2,1H3,(H2,36,40)(H,37,41)(H,38,42)(H,39,43)/t28-,29-,30-/m0/s1. The number of hydrogen-bond acceptors (Lipinski definition) is 4. The number of halogens is 1. The molecule has 0 radical (unpaired) electrons. The average Bonchev–Trinajstić information content (AvgIpc) is 3.01. The molecular formula is C34H39BrN4O4. The molecule has 4 amide bonds. The fourth-order valence-electron chi connectivity index (χ4n) is 5.83. The minimum Gasteiger partial charge on any atom is -0.366 e. The van der Waals surface area contributed by atoms with Gasteiger partial charge in [-0.1, -0.05) is 89.8 Å². The molecule has 9 heteroatoms. The second-order valence-corrected chi connectivity index (χ2v) is 12.0. The molecule has 3 aromatic carbocycles. The second kappa shape index (κ2) is 15.5. The number of carbonyl (C=O) groups excluding carboxylic acids is 4. The fraction of sp³-hybridized carbons (Fsp3) is 0.353. The highest BCUT2D eigenvalue weighted by atomic mass is 79.9. The van der Waals surface area contributed by atoms with Gasteiger partial charge in [0.05, 0.1) is 5.92 Å². The zero-order valence-electron chi connectivity index (χ0n) is 24.4. The molecule has 1 aliphatic rings. The summed E-state index contributed by atoms with van der Waals surface area (Å²) in [5.74, 6) is -1.79. The van der Waals surface area contributed by atoms with Crippen LogP contribution in [0.2, 0.25) is 0 Å². The Balaban J connectivity index is 1.61. The topological polar surface area (TPSA) is 130 Å². The zero-order chi connectivity index (χ0) is 30.8. The molecule has 226 valence electrons. The van der Waals surface area contributed by atoms with Crippen molar-refractivity contribution in [3.8, 4) is 0 Å². The maximum atomic E-state index is 14.1. The number of rotatable bonds is 12. The van der Waals surface area contributed by atoms with Crippen LogP contribution in [0.5, 0.6) is 0 Å². The van der Waals surface area contributed by atoms with Crippen molar-refractivity contribution >= 4 is 39.6 Å². The van der Waals surface area contributed by atoms with E-state index in [0.29, 0.717) is 5.56 Å². The van der Waals surface area contributed by atoms with Gasteiger partial charge < -0.3 is 21.7 Å². The number of carbonyl (C=O) groups is 4. The van der Waals surface area contributed by atoms with E-state index in [4.69, 9.17) is 5.73 Å². The van der Waals surface area contributed by atoms with Crippen LogP contribution < -0.4 is 21.7 Å². The van der Waals surface area contributed by atoms with Crippen molar-refractivity contribution < 1.29 is 19.2 Å². The first-order valence-corrected chi connectivity index (χ1v) is 15.5. The highest BCUT2D eigenvalue weighted by Crippen LogP contribution is 2.36. The first-order chi connectivity index (χ1) is 20.7. The third-order valence-electron chi connectivity index (χ3n) is 8.08. The molecule has 1 fully saturated rings. The summed E-state index contributed by atoms with van der Waals surface area (Å²) in [6.45, 7) is 0. The third-order valence-corrected chi connectivity index (χ3v) is 8.58. The van der Waals surface area contributed by atoms with Crippen molar-refractivity contribution in [2.24, 2.45) is 11.7 Å². The monoisotopic (exact) mass is 646 g/mol. The smallest absolute Gasteiger partial charge is 0.248 e. The molecule has 0 saturated heterocycles. The van der Waals surface area contributed by atoms with Crippen LogP contribution in [0.15, 0.2) is 83.3 Å². The number of amides is 4. The Morgan fingerprint density at radius 2 is 1.40 bits per heavy atom. The molecule has 5 N–H and O–H groups in total. The predicted molar refractivity (Wildman–Crippen MR) is 170 cm³/mol. The highest BCUT2D eigenvalue weighted by molar-refractivity contribution is 9.10. The molecule has 43 heavy (non-hydrogen) atoms. The molecule has 3 atom stereocenters. The summed E-state index contributed by atoms with van der Waals surface area (Å²) < 4.78 is 0.867. The summed E-state index contributed by atoms with van der Waals surface area (Å²) in [7, 11) is 1.52. The van der Waals surface area contributed by atoms with Crippen LogP contribution in [-0.2, 0) is 27.2 Å². The average molecular weight is 648 g/mol. The Morgan fingerprint density at radius 1 is 0.767 bits per heavy atom. The lowest BCUT2D eigenvalue weighted by atomic mass is 9.76. The van der Waals surface area contributed by atoms with Crippen LogP contribution in [0, 0.1) is 5.92 Å². The van der Waals surface area contributed by atoms with Gasteiger partial charge in [0, 0.05) is 29.9 Å². The lowest BCUT2D eigenvalue weighted by Gasteiger charge is -2.31. The van der Waals surface area contributed by atoms with Crippen molar-refractivity contribution in [1.29, 1.82) is 0 Å². The molecule has 0 heterocycles. The Hall–Kier alpha value is -3.98. The molecule has 0 aliphatic heterocycles. The van der Waals surface area contributed by atoms with E-state index in [0.717, 1.165) is 53.3 Å². The first kappa shape index (κ1) is 31.9. The van der Waals surface area contributed by atoms with E-state index >= 15 is 0 Å². The maximum absolute atomic E-state index is 14.1. The first-order valence-electron chi connectivity index (χ1n) is 14.8. The summed E-state index contributed by atoms with van der Waals surface area (Å²) in [6, 6.07) is 22.1. The lowest BCUT2D eigenvalue weighted by molar-refractivity contribution is -0.132. The summed E-state index contributed by atoms with van der Waals surface area (Å²) in [5.41, 5.74) is 8.29.